The monoisotopic (exact) mass is 717 g/mol. The molecule has 0 aromatic heterocycles. The molecule has 52 heavy (non-hydrogen) atoms. The second kappa shape index (κ2) is 14.3. The number of amides is 3. The van der Waals surface area contributed by atoms with E-state index in [2.05, 4.69) is 32.2 Å². The Morgan fingerprint density at radius 1 is 0.962 bits per heavy atom. The third kappa shape index (κ3) is 6.22. The van der Waals surface area contributed by atoms with Crippen LogP contribution in [0.4, 0.5) is 11.4 Å². The van der Waals surface area contributed by atoms with E-state index in [-0.39, 0.29) is 48.8 Å². The average Bonchev–Trinajstić information content (AvgIpc) is 3.57. The number of hydrogen-bond donors (Lipinski definition) is 1. The van der Waals surface area contributed by atoms with Crippen LogP contribution in [-0.4, -0.2) is 68.7 Å². The van der Waals surface area contributed by atoms with E-state index in [4.69, 9.17) is 9.47 Å². The van der Waals surface area contributed by atoms with Crippen molar-refractivity contribution in [2.75, 3.05) is 36.6 Å². The number of anilines is 2. The Hall–Kier alpha value is -4.77. The third-order valence-electron chi connectivity index (χ3n) is 11.5. The SMILES string of the molecule is COc1ccc([Si](C)(C)[C@H]2[C@H](CC(=O)N(CCO)Cc3ccccc3)O[C@@]3(C(=O)N(Cc4cccc(N5CCC5=O)c4)c4ccccc43)[C@@H]2C)cc1. The number of hydrogen-bond acceptors (Lipinski definition) is 6. The lowest BCUT2D eigenvalue weighted by molar-refractivity contribution is -0.150. The molecule has 0 unspecified atom stereocenters. The minimum Gasteiger partial charge on any atom is -0.497 e. The number of benzene rings is 4. The molecule has 3 heterocycles. The van der Waals surface area contributed by atoms with Crippen molar-refractivity contribution in [3.05, 3.63) is 120 Å². The fourth-order valence-electron chi connectivity index (χ4n) is 8.74. The molecule has 3 amide bonds. The van der Waals surface area contributed by atoms with Crippen molar-refractivity contribution >= 4 is 42.4 Å². The Morgan fingerprint density at radius 2 is 1.67 bits per heavy atom. The van der Waals surface area contributed by atoms with Crippen LogP contribution in [0.15, 0.2) is 103 Å². The predicted octanol–water partition coefficient (Wildman–Crippen LogP) is 5.61. The largest absolute Gasteiger partial charge is 0.497 e. The zero-order valence-electron chi connectivity index (χ0n) is 30.3. The summed E-state index contributed by atoms with van der Waals surface area (Å²) in [4.78, 5) is 46.9. The lowest BCUT2D eigenvalue weighted by Crippen LogP contribution is -2.52. The minimum absolute atomic E-state index is 0.0809. The van der Waals surface area contributed by atoms with Crippen LogP contribution in [0.25, 0.3) is 0 Å². The molecule has 0 radical (unpaired) electrons. The number of methoxy groups -OCH3 is 1. The Labute approximate surface area is 306 Å². The van der Waals surface area contributed by atoms with Crippen LogP contribution < -0.4 is 19.7 Å². The number of fused-ring (bicyclic) bond motifs is 2. The highest BCUT2D eigenvalue weighted by atomic mass is 28.3. The van der Waals surface area contributed by atoms with Crippen molar-refractivity contribution in [3.8, 4) is 5.75 Å². The molecular weight excluding hydrogens is 671 g/mol. The molecule has 0 aliphatic carbocycles. The third-order valence-corrected chi connectivity index (χ3v) is 15.8. The number of ether oxygens (including phenoxy) is 2. The first-order valence-corrected chi connectivity index (χ1v) is 21.2. The topological polar surface area (TPSA) is 99.6 Å². The van der Waals surface area contributed by atoms with Gasteiger partial charge in [-0.3, -0.25) is 14.4 Å². The van der Waals surface area contributed by atoms with E-state index in [1.54, 1.807) is 16.9 Å². The van der Waals surface area contributed by atoms with E-state index >= 15 is 4.79 Å². The van der Waals surface area contributed by atoms with E-state index < -0.39 is 19.8 Å². The van der Waals surface area contributed by atoms with Crippen LogP contribution >= 0.6 is 0 Å². The standard InChI is InChI=1S/C42H47N3O6Si/c1-29-40(52(3,4)34-19-17-33(50-2)18-20-34)37(26-39(48)43(23-24-46)27-30-11-6-5-7-12-30)51-42(29)35-15-8-9-16-36(35)45(41(42)49)28-31-13-10-14-32(25-31)44-22-21-38(44)47/h5-20,25,29,37,40,46H,21-24,26-28H2,1-4H3/t29-,37+,40-,42+/m1/s1. The Bertz CT molecular complexity index is 1950. The summed E-state index contributed by atoms with van der Waals surface area (Å²) in [5.41, 5.74) is 2.93. The van der Waals surface area contributed by atoms with E-state index in [0.717, 1.165) is 33.8 Å². The number of carbonyl (C=O) groups is 3. The summed E-state index contributed by atoms with van der Waals surface area (Å²) in [6.07, 6.45) is 0.0728. The normalized spacial score (nSPS) is 22.4. The van der Waals surface area contributed by atoms with Crippen LogP contribution in [0.5, 0.6) is 5.75 Å². The van der Waals surface area contributed by atoms with Crippen molar-refractivity contribution in [1.29, 1.82) is 0 Å². The maximum Gasteiger partial charge on any atom is 0.264 e. The molecule has 1 spiro atoms. The fraction of sp³-hybridized carbons (Fsp3) is 0.357. The second-order valence-electron chi connectivity index (χ2n) is 14.8. The molecule has 2 saturated heterocycles. The van der Waals surface area contributed by atoms with Gasteiger partial charge in [-0.05, 0) is 47.0 Å². The molecular formula is C42H47N3O6Si. The van der Waals surface area contributed by atoms with Crippen molar-refractivity contribution in [1.82, 2.24) is 4.90 Å². The maximum absolute atomic E-state index is 15.1. The molecule has 270 valence electrons. The molecule has 4 aromatic carbocycles. The highest BCUT2D eigenvalue weighted by molar-refractivity contribution is 6.91. The summed E-state index contributed by atoms with van der Waals surface area (Å²) in [5.74, 6) is 0.347. The van der Waals surface area contributed by atoms with Gasteiger partial charge in [-0.2, -0.15) is 0 Å². The van der Waals surface area contributed by atoms with Gasteiger partial charge in [-0.25, -0.2) is 0 Å². The Balaban J connectivity index is 1.26. The van der Waals surface area contributed by atoms with Gasteiger partial charge >= 0.3 is 0 Å². The van der Waals surface area contributed by atoms with E-state index in [1.165, 1.54) is 5.19 Å². The number of aliphatic hydroxyl groups is 1. The zero-order chi connectivity index (χ0) is 36.6. The molecule has 10 heteroatoms. The highest BCUT2D eigenvalue weighted by Crippen LogP contribution is 2.60. The van der Waals surface area contributed by atoms with Gasteiger partial charge in [0.15, 0.2) is 5.60 Å². The first kappa shape index (κ1) is 35.6. The number of para-hydroxylation sites is 1. The van der Waals surface area contributed by atoms with E-state index in [0.29, 0.717) is 26.1 Å². The molecule has 4 atom stereocenters. The first-order chi connectivity index (χ1) is 25.1. The van der Waals surface area contributed by atoms with Gasteiger partial charge in [-0.1, -0.05) is 98.0 Å². The van der Waals surface area contributed by atoms with Crippen LogP contribution in [0, 0.1) is 5.92 Å². The molecule has 9 nitrogen and oxygen atoms in total. The van der Waals surface area contributed by atoms with E-state index in [9.17, 15) is 14.7 Å². The van der Waals surface area contributed by atoms with Gasteiger partial charge in [0.05, 0.1) is 46.5 Å². The van der Waals surface area contributed by atoms with Crippen molar-refractivity contribution in [2.45, 2.75) is 63.2 Å². The summed E-state index contributed by atoms with van der Waals surface area (Å²) in [5, 5.41) is 11.2. The summed E-state index contributed by atoms with van der Waals surface area (Å²) in [7, 11) is -0.824. The van der Waals surface area contributed by atoms with Crippen LogP contribution in [0.3, 0.4) is 0 Å². The molecule has 0 saturated carbocycles. The zero-order valence-corrected chi connectivity index (χ0v) is 31.3. The average molecular weight is 718 g/mol. The minimum atomic E-state index is -2.48. The molecule has 4 aromatic rings. The predicted molar refractivity (Wildman–Crippen MR) is 204 cm³/mol. The highest BCUT2D eigenvalue weighted by Gasteiger charge is 2.66. The lowest BCUT2D eigenvalue weighted by Gasteiger charge is -2.37. The van der Waals surface area contributed by atoms with E-state index in [1.807, 2.05) is 95.9 Å². The molecule has 3 aliphatic rings. The number of aliphatic hydroxyl groups excluding tert-OH is 1. The fourth-order valence-corrected chi connectivity index (χ4v) is 12.7. The van der Waals surface area contributed by atoms with Crippen LogP contribution in [0.1, 0.15) is 36.5 Å². The molecule has 3 aliphatic heterocycles. The number of carbonyl (C=O) groups excluding carboxylic acids is 3. The lowest BCUT2D eigenvalue weighted by atomic mass is 9.82. The molecule has 0 bridgehead atoms. The Kier molecular flexibility index (Phi) is 9.82. The van der Waals surface area contributed by atoms with Crippen molar-refractivity contribution in [3.63, 3.8) is 0 Å². The first-order valence-electron chi connectivity index (χ1n) is 18.1. The van der Waals surface area contributed by atoms with Crippen LogP contribution in [0.2, 0.25) is 18.6 Å². The molecule has 1 N–H and O–H groups in total. The number of nitrogens with zero attached hydrogens (tertiary/aromatic N) is 3. The number of rotatable bonds is 12. The Morgan fingerprint density at radius 3 is 2.35 bits per heavy atom. The summed E-state index contributed by atoms with van der Waals surface area (Å²) in [6, 6.07) is 33.7. The van der Waals surface area contributed by atoms with Crippen molar-refractivity contribution in [2.24, 2.45) is 5.92 Å². The quantitative estimate of drug-likeness (QED) is 0.151. The maximum atomic E-state index is 15.1. The van der Waals surface area contributed by atoms with Gasteiger partial charge in [-0.15, -0.1) is 0 Å². The van der Waals surface area contributed by atoms with Gasteiger partial charge in [0, 0.05) is 43.2 Å². The summed E-state index contributed by atoms with van der Waals surface area (Å²) < 4.78 is 12.7. The van der Waals surface area contributed by atoms with Crippen molar-refractivity contribution < 1.29 is 29.0 Å². The van der Waals surface area contributed by atoms with Gasteiger partial charge < -0.3 is 29.3 Å². The number of β-lactam (4-membered cyclic amide) rings is 1. The summed E-state index contributed by atoms with van der Waals surface area (Å²) >= 11 is 0. The molecule has 7 rings (SSSR count). The smallest absolute Gasteiger partial charge is 0.264 e. The second-order valence-corrected chi connectivity index (χ2v) is 19.4. The molecule has 2 fully saturated rings. The van der Waals surface area contributed by atoms with Gasteiger partial charge in [0.2, 0.25) is 11.8 Å². The van der Waals surface area contributed by atoms with Gasteiger partial charge in [0.25, 0.3) is 5.91 Å². The van der Waals surface area contributed by atoms with Gasteiger partial charge in [0.1, 0.15) is 5.75 Å². The summed E-state index contributed by atoms with van der Waals surface area (Å²) in [6.45, 7) is 8.15. The van der Waals surface area contributed by atoms with Crippen LogP contribution in [-0.2, 0) is 37.8 Å².